The molecule has 1 aromatic heterocycles. The number of hydrogen-bond donors (Lipinski definition) is 0. The van der Waals surface area contributed by atoms with Gasteiger partial charge in [0.2, 0.25) is 0 Å². The topological polar surface area (TPSA) is 32.3 Å². The van der Waals surface area contributed by atoms with Crippen LogP contribution >= 0.6 is 0 Å². The van der Waals surface area contributed by atoms with Crippen LogP contribution in [0.15, 0.2) is 35.8 Å². The van der Waals surface area contributed by atoms with Crippen LogP contribution in [0.2, 0.25) is 0 Å². The van der Waals surface area contributed by atoms with Gasteiger partial charge in [0.15, 0.2) is 11.6 Å². The quantitative estimate of drug-likeness (QED) is 0.758. The Morgan fingerprint density at radius 2 is 1.94 bits per heavy atom. The summed E-state index contributed by atoms with van der Waals surface area (Å²) in [5.41, 5.74) is 2.70. The van der Waals surface area contributed by atoms with Crippen molar-refractivity contribution < 1.29 is 0 Å². The Hall–Kier alpha value is -1.84. The van der Waals surface area contributed by atoms with Crippen molar-refractivity contribution in [3.63, 3.8) is 0 Å². The van der Waals surface area contributed by atoms with Crippen molar-refractivity contribution in [3.05, 3.63) is 35.8 Å². The highest BCUT2D eigenvalue weighted by atomic mass is 15.5. The van der Waals surface area contributed by atoms with Crippen LogP contribution in [0.4, 0.5) is 11.6 Å². The summed E-state index contributed by atoms with van der Waals surface area (Å²) >= 11 is 0. The van der Waals surface area contributed by atoms with Gasteiger partial charge in [-0.05, 0) is 32.3 Å². The van der Waals surface area contributed by atoms with E-state index in [2.05, 4.69) is 52.8 Å². The lowest BCUT2D eigenvalue weighted by atomic mass is 10.0. The molecule has 0 N–H and O–H groups in total. The fourth-order valence-corrected chi connectivity index (χ4v) is 2.71. The van der Waals surface area contributed by atoms with Crippen molar-refractivity contribution in [2.24, 2.45) is 0 Å². The molecule has 0 bridgehead atoms. The van der Waals surface area contributed by atoms with E-state index in [1.807, 2.05) is 0 Å². The summed E-state index contributed by atoms with van der Waals surface area (Å²) in [6, 6.07) is 0. The van der Waals surface area contributed by atoms with Crippen molar-refractivity contribution in [3.8, 4) is 0 Å². The van der Waals surface area contributed by atoms with E-state index in [9.17, 15) is 0 Å². The predicted molar refractivity (Wildman–Crippen MR) is 73.5 cm³/mol. The third-order valence-corrected chi connectivity index (χ3v) is 3.82. The van der Waals surface area contributed by atoms with E-state index in [0.29, 0.717) is 0 Å². The van der Waals surface area contributed by atoms with Gasteiger partial charge in [0.25, 0.3) is 0 Å². The minimum atomic E-state index is 0.277. The van der Waals surface area contributed by atoms with Crippen LogP contribution in [0.1, 0.15) is 26.7 Å². The highest BCUT2D eigenvalue weighted by molar-refractivity contribution is 5.72. The van der Waals surface area contributed by atoms with Gasteiger partial charge in [-0.25, -0.2) is 9.97 Å². The van der Waals surface area contributed by atoms with Gasteiger partial charge in [0.05, 0.1) is 0 Å². The van der Waals surface area contributed by atoms with Crippen LogP contribution in [0.25, 0.3) is 0 Å². The van der Waals surface area contributed by atoms with E-state index < -0.39 is 0 Å². The molecule has 0 amide bonds. The predicted octanol–water partition coefficient (Wildman–Crippen LogP) is 2.70. The highest BCUT2D eigenvalue weighted by Gasteiger charge is 2.35. The highest BCUT2D eigenvalue weighted by Crippen LogP contribution is 2.39. The minimum absolute atomic E-state index is 0.277. The number of aromatic nitrogens is 2. The molecule has 0 spiro atoms. The van der Waals surface area contributed by atoms with Crippen LogP contribution in [0, 0.1) is 0 Å². The van der Waals surface area contributed by atoms with Gasteiger partial charge in [-0.15, -0.1) is 0 Å². The van der Waals surface area contributed by atoms with Crippen LogP contribution in [0.5, 0.6) is 0 Å². The maximum Gasteiger partial charge on any atom is 0.178 e. The van der Waals surface area contributed by atoms with E-state index in [4.69, 9.17) is 0 Å². The van der Waals surface area contributed by atoms with Gasteiger partial charge < -0.3 is 9.80 Å². The van der Waals surface area contributed by atoms with Gasteiger partial charge in [0.1, 0.15) is 6.17 Å². The van der Waals surface area contributed by atoms with Crippen molar-refractivity contribution in [2.75, 3.05) is 16.8 Å². The Bertz CT molecular complexity index is 532. The molecule has 1 aliphatic carbocycles. The second kappa shape index (κ2) is 4.12. The van der Waals surface area contributed by atoms with Crippen molar-refractivity contribution in [1.29, 1.82) is 0 Å². The monoisotopic (exact) mass is 242 g/mol. The standard InChI is InChI=1S/C14H18N4/c1-10-6-4-5-7-12(10)18-11(2)17(3)13-14(18)16-9-8-15-13/h4,6,8-9,11H,5,7H2,1-3H3. The molecule has 1 aromatic rings. The molecule has 4 nitrogen and oxygen atoms in total. The molecule has 0 saturated heterocycles. The van der Waals surface area contributed by atoms with E-state index >= 15 is 0 Å². The molecular weight excluding hydrogens is 224 g/mol. The summed E-state index contributed by atoms with van der Waals surface area (Å²) in [7, 11) is 2.08. The first-order chi connectivity index (χ1) is 8.70. The van der Waals surface area contributed by atoms with Crippen LogP contribution in [-0.4, -0.2) is 23.2 Å². The maximum atomic E-state index is 4.51. The number of fused-ring (bicyclic) bond motifs is 1. The summed E-state index contributed by atoms with van der Waals surface area (Å²) in [5, 5.41) is 0. The summed E-state index contributed by atoms with van der Waals surface area (Å²) in [4.78, 5) is 13.5. The molecule has 0 fully saturated rings. The molecule has 4 heteroatoms. The zero-order valence-electron chi connectivity index (χ0n) is 11.1. The minimum Gasteiger partial charge on any atom is -0.336 e. The fraction of sp³-hybridized carbons (Fsp3) is 0.429. The SMILES string of the molecule is CC1=C(N2c3nccnc3N(C)C2C)CCC=C1. The first-order valence-corrected chi connectivity index (χ1v) is 6.39. The summed E-state index contributed by atoms with van der Waals surface area (Å²) in [6.45, 7) is 4.37. The molecule has 0 saturated carbocycles. The molecular formula is C14H18N4. The molecule has 2 aliphatic rings. The van der Waals surface area contributed by atoms with Gasteiger partial charge in [-0.2, -0.15) is 0 Å². The summed E-state index contributed by atoms with van der Waals surface area (Å²) in [6.07, 6.45) is 10.4. The third kappa shape index (κ3) is 1.52. The molecule has 1 aliphatic heterocycles. The number of anilines is 2. The molecule has 1 atom stereocenters. The van der Waals surface area contributed by atoms with Crippen LogP contribution in [0.3, 0.4) is 0 Å². The molecule has 2 heterocycles. The van der Waals surface area contributed by atoms with Gasteiger partial charge >= 0.3 is 0 Å². The van der Waals surface area contributed by atoms with E-state index in [1.54, 1.807) is 12.4 Å². The average Bonchev–Trinajstić information content (AvgIpc) is 2.64. The first kappa shape index (κ1) is 11.3. The molecule has 1 unspecified atom stereocenters. The van der Waals surface area contributed by atoms with Crippen molar-refractivity contribution >= 4 is 11.6 Å². The lowest BCUT2D eigenvalue weighted by Gasteiger charge is -2.30. The molecule has 3 rings (SSSR count). The Labute approximate surface area is 108 Å². The molecule has 0 aromatic carbocycles. The fourth-order valence-electron chi connectivity index (χ4n) is 2.71. The van der Waals surface area contributed by atoms with Crippen LogP contribution < -0.4 is 9.80 Å². The zero-order valence-corrected chi connectivity index (χ0v) is 11.1. The molecule has 18 heavy (non-hydrogen) atoms. The van der Waals surface area contributed by atoms with Gasteiger partial charge in [-0.1, -0.05) is 12.2 Å². The summed E-state index contributed by atoms with van der Waals surface area (Å²) < 4.78 is 0. The first-order valence-electron chi connectivity index (χ1n) is 6.39. The lowest BCUT2D eigenvalue weighted by molar-refractivity contribution is 0.677. The van der Waals surface area contributed by atoms with Gasteiger partial charge in [-0.3, -0.25) is 0 Å². The average molecular weight is 242 g/mol. The number of rotatable bonds is 1. The third-order valence-electron chi connectivity index (χ3n) is 3.82. The zero-order chi connectivity index (χ0) is 12.7. The van der Waals surface area contributed by atoms with Crippen LogP contribution in [-0.2, 0) is 0 Å². The molecule has 94 valence electrons. The number of allylic oxidation sites excluding steroid dienone is 4. The maximum absolute atomic E-state index is 4.51. The van der Waals surface area contributed by atoms with Crippen molar-refractivity contribution in [2.45, 2.75) is 32.9 Å². The summed E-state index contributed by atoms with van der Waals surface area (Å²) in [5.74, 6) is 1.96. The Morgan fingerprint density at radius 3 is 2.67 bits per heavy atom. The second-order valence-corrected chi connectivity index (χ2v) is 4.89. The lowest BCUT2D eigenvalue weighted by Crippen LogP contribution is -2.39. The Kier molecular flexibility index (Phi) is 2.58. The van der Waals surface area contributed by atoms with E-state index in [0.717, 1.165) is 24.5 Å². The largest absolute Gasteiger partial charge is 0.336 e. The van der Waals surface area contributed by atoms with E-state index in [-0.39, 0.29) is 6.17 Å². The smallest absolute Gasteiger partial charge is 0.178 e. The Balaban J connectivity index is 2.10. The number of nitrogens with zero attached hydrogens (tertiary/aromatic N) is 4. The van der Waals surface area contributed by atoms with Gasteiger partial charge in [0, 0.05) is 25.1 Å². The van der Waals surface area contributed by atoms with Crippen molar-refractivity contribution in [1.82, 2.24) is 9.97 Å². The second-order valence-electron chi connectivity index (χ2n) is 4.89. The van der Waals surface area contributed by atoms with E-state index in [1.165, 1.54) is 11.3 Å². The normalized spacial score (nSPS) is 22.7. The molecule has 0 radical (unpaired) electrons. The Morgan fingerprint density at radius 1 is 1.22 bits per heavy atom. The number of hydrogen-bond acceptors (Lipinski definition) is 4.